The Morgan fingerprint density at radius 2 is 2.32 bits per heavy atom. The Labute approximate surface area is 110 Å². The maximum Gasteiger partial charge on any atom is 0.410 e. The highest BCUT2D eigenvalue weighted by molar-refractivity contribution is 5.86. The standard InChI is InChI=1S/C12H16N2O5/c1-2-5-19-12(18)14-4-3-7-8(6-13-10(7)15)9(14)11(16)17/h2,7-9H,1,3-6H2,(H,13,15)(H,16,17). The highest BCUT2D eigenvalue weighted by Gasteiger charge is 2.50. The van der Waals surface area contributed by atoms with Gasteiger partial charge in [0.15, 0.2) is 0 Å². The van der Waals surface area contributed by atoms with Crippen LogP contribution in [-0.2, 0) is 14.3 Å². The Bertz CT molecular complexity index is 422. The van der Waals surface area contributed by atoms with E-state index in [2.05, 4.69) is 11.9 Å². The highest BCUT2D eigenvalue weighted by Crippen LogP contribution is 2.33. The third kappa shape index (κ3) is 2.40. The van der Waals surface area contributed by atoms with E-state index < -0.39 is 24.0 Å². The van der Waals surface area contributed by atoms with Crippen molar-refractivity contribution in [2.24, 2.45) is 11.8 Å². The summed E-state index contributed by atoms with van der Waals surface area (Å²) < 4.78 is 4.89. The van der Waals surface area contributed by atoms with Crippen molar-refractivity contribution in [1.29, 1.82) is 0 Å². The smallest absolute Gasteiger partial charge is 0.410 e. The van der Waals surface area contributed by atoms with Crippen LogP contribution in [-0.4, -0.2) is 53.7 Å². The van der Waals surface area contributed by atoms with Crippen molar-refractivity contribution in [3.63, 3.8) is 0 Å². The quantitative estimate of drug-likeness (QED) is 0.693. The maximum absolute atomic E-state index is 11.8. The summed E-state index contributed by atoms with van der Waals surface area (Å²) in [6.45, 7) is 3.96. The predicted molar refractivity (Wildman–Crippen MR) is 64.3 cm³/mol. The number of rotatable bonds is 3. The van der Waals surface area contributed by atoms with Crippen LogP contribution in [0, 0.1) is 11.8 Å². The Hall–Kier alpha value is -2.05. The Morgan fingerprint density at radius 3 is 2.95 bits per heavy atom. The molecule has 0 aliphatic carbocycles. The molecule has 19 heavy (non-hydrogen) atoms. The van der Waals surface area contributed by atoms with Gasteiger partial charge in [-0.15, -0.1) is 0 Å². The SMILES string of the molecule is C=CCOC(=O)N1CCC2C(=O)NCC2C1C(=O)O. The summed E-state index contributed by atoms with van der Waals surface area (Å²) >= 11 is 0. The number of nitrogens with zero attached hydrogens (tertiary/aromatic N) is 1. The van der Waals surface area contributed by atoms with Crippen molar-refractivity contribution in [1.82, 2.24) is 10.2 Å². The Morgan fingerprint density at radius 1 is 1.58 bits per heavy atom. The number of likely N-dealkylation sites (tertiary alicyclic amines) is 1. The number of amides is 2. The molecule has 2 aliphatic rings. The van der Waals surface area contributed by atoms with E-state index in [1.807, 2.05) is 0 Å². The number of fused-ring (bicyclic) bond motifs is 1. The lowest BCUT2D eigenvalue weighted by Crippen LogP contribution is -2.55. The minimum Gasteiger partial charge on any atom is -0.480 e. The summed E-state index contributed by atoms with van der Waals surface area (Å²) in [5.74, 6) is -1.96. The van der Waals surface area contributed by atoms with Crippen LogP contribution >= 0.6 is 0 Å². The van der Waals surface area contributed by atoms with Gasteiger partial charge in [0.1, 0.15) is 12.6 Å². The summed E-state index contributed by atoms with van der Waals surface area (Å²) in [4.78, 5) is 36.0. The molecule has 2 heterocycles. The van der Waals surface area contributed by atoms with Crippen LogP contribution < -0.4 is 5.32 Å². The fourth-order valence-corrected chi connectivity index (χ4v) is 2.75. The largest absolute Gasteiger partial charge is 0.480 e. The van der Waals surface area contributed by atoms with Crippen LogP contribution in [0.2, 0.25) is 0 Å². The summed E-state index contributed by atoms with van der Waals surface area (Å²) in [6.07, 6.45) is 1.20. The first-order valence-electron chi connectivity index (χ1n) is 6.11. The third-order valence-electron chi connectivity index (χ3n) is 3.60. The molecule has 0 saturated carbocycles. The van der Waals surface area contributed by atoms with Crippen LogP contribution in [0.4, 0.5) is 4.79 Å². The molecule has 0 aromatic heterocycles. The van der Waals surface area contributed by atoms with E-state index in [1.165, 1.54) is 11.0 Å². The average molecular weight is 268 g/mol. The van der Waals surface area contributed by atoms with E-state index in [4.69, 9.17) is 4.74 Å². The molecule has 2 fully saturated rings. The van der Waals surface area contributed by atoms with Crippen LogP contribution in [0.5, 0.6) is 0 Å². The number of carbonyl (C=O) groups is 3. The third-order valence-corrected chi connectivity index (χ3v) is 3.60. The van der Waals surface area contributed by atoms with Gasteiger partial charge in [0, 0.05) is 24.9 Å². The topological polar surface area (TPSA) is 95.9 Å². The zero-order chi connectivity index (χ0) is 14.0. The van der Waals surface area contributed by atoms with Crippen molar-refractivity contribution >= 4 is 18.0 Å². The van der Waals surface area contributed by atoms with Crippen molar-refractivity contribution in [2.45, 2.75) is 12.5 Å². The van der Waals surface area contributed by atoms with Crippen LogP contribution in [0.15, 0.2) is 12.7 Å². The number of carboxylic acids is 1. The van der Waals surface area contributed by atoms with E-state index in [0.29, 0.717) is 6.42 Å². The molecule has 0 bridgehead atoms. The number of ether oxygens (including phenoxy) is 1. The first-order chi connectivity index (χ1) is 9.06. The molecule has 2 rings (SSSR count). The fraction of sp³-hybridized carbons (Fsp3) is 0.583. The van der Waals surface area contributed by atoms with Gasteiger partial charge >= 0.3 is 12.1 Å². The molecule has 3 atom stereocenters. The lowest BCUT2D eigenvalue weighted by Gasteiger charge is -2.38. The molecule has 0 aromatic carbocycles. The molecule has 0 radical (unpaired) electrons. The minimum absolute atomic E-state index is 0.0347. The van der Waals surface area contributed by atoms with E-state index >= 15 is 0 Å². The maximum atomic E-state index is 11.8. The van der Waals surface area contributed by atoms with Crippen molar-refractivity contribution in [3.05, 3.63) is 12.7 Å². The number of carbonyl (C=O) groups excluding carboxylic acids is 2. The lowest BCUT2D eigenvalue weighted by atomic mass is 9.82. The van der Waals surface area contributed by atoms with Crippen LogP contribution in [0.1, 0.15) is 6.42 Å². The molecule has 0 spiro atoms. The number of carboxylic acid groups (broad SMARTS) is 1. The van der Waals surface area contributed by atoms with E-state index in [-0.39, 0.29) is 31.5 Å². The number of aliphatic carboxylic acids is 1. The van der Waals surface area contributed by atoms with Crippen molar-refractivity contribution < 1.29 is 24.2 Å². The monoisotopic (exact) mass is 268 g/mol. The van der Waals surface area contributed by atoms with Gasteiger partial charge in [-0.3, -0.25) is 9.69 Å². The minimum atomic E-state index is -1.11. The second kappa shape index (κ2) is 5.29. The molecular formula is C12H16N2O5. The zero-order valence-corrected chi connectivity index (χ0v) is 10.4. The molecule has 2 saturated heterocycles. The summed E-state index contributed by atoms with van der Waals surface area (Å²) in [6, 6.07) is -1.02. The summed E-state index contributed by atoms with van der Waals surface area (Å²) in [5, 5.41) is 12.0. The average Bonchev–Trinajstić information content (AvgIpc) is 2.76. The lowest BCUT2D eigenvalue weighted by molar-refractivity contribution is -0.147. The number of hydrogen-bond donors (Lipinski definition) is 2. The molecule has 3 unspecified atom stereocenters. The molecule has 7 heteroatoms. The van der Waals surface area contributed by atoms with Gasteiger partial charge in [0.25, 0.3) is 0 Å². The second-order valence-corrected chi connectivity index (χ2v) is 4.65. The Kier molecular flexibility index (Phi) is 3.73. The zero-order valence-electron chi connectivity index (χ0n) is 10.4. The van der Waals surface area contributed by atoms with Gasteiger partial charge in [0.2, 0.25) is 5.91 Å². The van der Waals surface area contributed by atoms with E-state index in [1.54, 1.807) is 0 Å². The normalized spacial score (nSPS) is 29.4. The predicted octanol–water partition coefficient (Wildman–Crippen LogP) is -0.170. The molecular weight excluding hydrogens is 252 g/mol. The van der Waals surface area contributed by atoms with Gasteiger partial charge in [-0.25, -0.2) is 9.59 Å². The Balaban J connectivity index is 2.16. The van der Waals surface area contributed by atoms with Gasteiger partial charge in [-0.2, -0.15) is 0 Å². The second-order valence-electron chi connectivity index (χ2n) is 4.65. The van der Waals surface area contributed by atoms with Crippen LogP contribution in [0.3, 0.4) is 0 Å². The summed E-state index contributed by atoms with van der Waals surface area (Å²) in [7, 11) is 0. The van der Waals surface area contributed by atoms with Crippen molar-refractivity contribution in [3.8, 4) is 0 Å². The molecule has 2 amide bonds. The highest BCUT2D eigenvalue weighted by atomic mass is 16.6. The van der Waals surface area contributed by atoms with E-state index in [9.17, 15) is 19.5 Å². The van der Waals surface area contributed by atoms with Gasteiger partial charge < -0.3 is 15.2 Å². The molecule has 104 valence electrons. The van der Waals surface area contributed by atoms with Crippen LogP contribution in [0.25, 0.3) is 0 Å². The molecule has 7 nitrogen and oxygen atoms in total. The van der Waals surface area contributed by atoms with Gasteiger partial charge in [-0.1, -0.05) is 12.7 Å². The first kappa shape index (κ1) is 13.4. The molecule has 2 aliphatic heterocycles. The van der Waals surface area contributed by atoms with Crippen molar-refractivity contribution in [2.75, 3.05) is 19.7 Å². The molecule has 2 N–H and O–H groups in total. The van der Waals surface area contributed by atoms with E-state index in [0.717, 1.165) is 0 Å². The number of hydrogen-bond acceptors (Lipinski definition) is 4. The number of piperidine rings is 1. The first-order valence-corrected chi connectivity index (χ1v) is 6.11. The fourth-order valence-electron chi connectivity index (χ4n) is 2.75. The molecule has 0 aromatic rings. The van der Waals surface area contributed by atoms with Gasteiger partial charge in [0.05, 0.1) is 0 Å². The van der Waals surface area contributed by atoms with Gasteiger partial charge in [-0.05, 0) is 6.42 Å². The summed E-state index contributed by atoms with van der Waals surface area (Å²) in [5.41, 5.74) is 0. The number of nitrogens with one attached hydrogen (secondary N) is 1.